The Hall–Kier alpha value is -5.20. The number of hydrogen-bond acceptors (Lipinski definition) is 0. The van der Waals surface area contributed by atoms with Crippen LogP contribution in [0.2, 0.25) is 0 Å². The van der Waals surface area contributed by atoms with E-state index in [0.717, 1.165) is 25.7 Å². The van der Waals surface area contributed by atoms with Gasteiger partial charge in [0.25, 0.3) is 0 Å². The highest BCUT2D eigenvalue weighted by Gasteiger charge is 2.46. The molecule has 0 unspecified atom stereocenters. The fraction of sp³-hybridized carbons (Fsp3) is 0.355. The predicted octanol–water partition coefficient (Wildman–Crippen LogP) is 17.9. The minimum atomic E-state index is -0.0851. The summed E-state index contributed by atoms with van der Waals surface area (Å²) < 4.78 is 0. The Morgan fingerprint density at radius 1 is 0.371 bits per heavy atom. The summed E-state index contributed by atoms with van der Waals surface area (Å²) in [6.07, 6.45) is 4.56. The molecule has 0 nitrogen and oxygen atoms in total. The Morgan fingerprint density at radius 3 is 1.21 bits per heavy atom. The third kappa shape index (κ3) is 6.37. The van der Waals surface area contributed by atoms with E-state index in [2.05, 4.69) is 204 Å². The molecule has 0 atom stereocenters. The van der Waals surface area contributed by atoms with Crippen molar-refractivity contribution < 1.29 is 0 Å². The molecule has 0 amide bonds. The highest BCUT2D eigenvalue weighted by atomic mass is 14.5. The third-order valence-corrected chi connectivity index (χ3v) is 14.8. The van der Waals surface area contributed by atoms with Crippen LogP contribution >= 0.6 is 0 Å². The molecule has 0 saturated carbocycles. The summed E-state index contributed by atoms with van der Waals surface area (Å²) in [5, 5.41) is 8.08. The van der Waals surface area contributed by atoms with Crippen molar-refractivity contribution in [3.05, 3.63) is 155 Å². The number of fused-ring (bicyclic) bond motifs is 6. The largest absolute Gasteiger partial charge is 0.0627 e. The molecule has 0 saturated heterocycles. The van der Waals surface area contributed by atoms with Gasteiger partial charge >= 0.3 is 0 Å². The molecule has 62 heavy (non-hydrogen) atoms. The molecule has 0 bridgehead atoms. The van der Waals surface area contributed by atoms with Gasteiger partial charge in [0.1, 0.15) is 0 Å². The molecule has 10 rings (SSSR count). The molecule has 0 heteroatoms. The van der Waals surface area contributed by atoms with Gasteiger partial charge < -0.3 is 0 Å². The Morgan fingerprint density at radius 2 is 0.742 bits per heavy atom. The zero-order chi connectivity index (χ0) is 43.5. The topological polar surface area (TPSA) is 0 Å². The van der Waals surface area contributed by atoms with E-state index < -0.39 is 0 Å². The summed E-state index contributed by atoms with van der Waals surface area (Å²) in [7, 11) is 0. The summed E-state index contributed by atoms with van der Waals surface area (Å²) in [4.78, 5) is 0. The van der Waals surface area contributed by atoms with Gasteiger partial charge in [-0.3, -0.25) is 0 Å². The van der Waals surface area contributed by atoms with E-state index >= 15 is 0 Å². The van der Waals surface area contributed by atoms with Crippen molar-refractivity contribution in [2.24, 2.45) is 23.7 Å². The van der Waals surface area contributed by atoms with Crippen LogP contribution in [0.25, 0.3) is 76.8 Å². The van der Waals surface area contributed by atoms with Crippen LogP contribution in [0.4, 0.5) is 0 Å². The summed E-state index contributed by atoms with van der Waals surface area (Å²) in [6, 6.07) is 50.7. The van der Waals surface area contributed by atoms with Gasteiger partial charge in [-0.2, -0.15) is 0 Å². The second-order valence-electron chi connectivity index (χ2n) is 22.3. The minimum Gasteiger partial charge on any atom is -0.0627 e. The zero-order valence-electron chi connectivity index (χ0n) is 39.3. The first-order chi connectivity index (χ1) is 29.6. The Kier molecular flexibility index (Phi) is 9.68. The van der Waals surface area contributed by atoms with E-state index in [1.54, 1.807) is 5.56 Å². The second-order valence-corrected chi connectivity index (χ2v) is 22.3. The van der Waals surface area contributed by atoms with Gasteiger partial charge in [-0.1, -0.05) is 185 Å². The fourth-order valence-corrected chi connectivity index (χ4v) is 12.8. The highest BCUT2D eigenvalue weighted by Crippen LogP contribution is 2.59. The molecule has 0 spiro atoms. The molecule has 0 aliphatic heterocycles. The van der Waals surface area contributed by atoms with Crippen LogP contribution in [-0.4, -0.2) is 0 Å². The van der Waals surface area contributed by atoms with E-state index in [1.807, 2.05) is 0 Å². The zero-order valence-corrected chi connectivity index (χ0v) is 39.3. The molecule has 314 valence electrons. The van der Waals surface area contributed by atoms with Crippen molar-refractivity contribution in [1.29, 1.82) is 0 Å². The fourth-order valence-electron chi connectivity index (χ4n) is 12.8. The van der Waals surface area contributed by atoms with E-state index in [1.165, 1.54) is 99.1 Å². The first kappa shape index (κ1) is 40.8. The van der Waals surface area contributed by atoms with Crippen molar-refractivity contribution in [2.45, 2.75) is 118 Å². The normalized spacial score (nSPS) is 15.1. The third-order valence-electron chi connectivity index (χ3n) is 14.8. The molecule has 0 aromatic heterocycles. The maximum absolute atomic E-state index is 2.63. The number of rotatable bonds is 10. The molecule has 0 fully saturated rings. The molecular weight excluding hydrogens is 745 g/mol. The molecule has 0 N–H and O–H groups in total. The SMILES string of the molecule is CC(C)CC1(CC(C)C)c2cc(-c3ccc4c(c3)C(CC(C)C)(CC(C)C)c3cc(C(C)(C)C)ccc3-4)ccc2-c2ccc(-c3ccc4ccc5cccc6ccc3c4c56)cc21. The average molecular weight is 811 g/mol. The lowest BCUT2D eigenvalue weighted by atomic mass is 9.66. The Balaban J connectivity index is 1.14. The highest BCUT2D eigenvalue weighted by molar-refractivity contribution is 6.25. The quantitative estimate of drug-likeness (QED) is 0.121. The van der Waals surface area contributed by atoms with E-state index in [9.17, 15) is 0 Å². The summed E-state index contributed by atoms with van der Waals surface area (Å²) >= 11 is 0. The van der Waals surface area contributed by atoms with Gasteiger partial charge in [0.2, 0.25) is 0 Å². The van der Waals surface area contributed by atoms with Gasteiger partial charge in [-0.05, 0) is 178 Å². The standard InChI is InChI=1S/C62H66/c1-37(2)33-61(34-38(3)4)54-29-44(45-20-25-50-52-28-22-47(60(9,10)11)32-57(52)62(35-39(5)6,36-40(7)8)55(50)30-45)19-24-49(54)51-26-21-46(31-56(51)61)48-23-17-43-16-15-41-13-12-14-42-18-27-53(48)59(43)58(41)42/h12-32,37-40H,33-36H2,1-11H3. The van der Waals surface area contributed by atoms with E-state index in [-0.39, 0.29) is 16.2 Å². The van der Waals surface area contributed by atoms with Crippen LogP contribution in [0.3, 0.4) is 0 Å². The number of hydrogen-bond donors (Lipinski definition) is 0. The Labute approximate surface area is 372 Å². The van der Waals surface area contributed by atoms with Crippen molar-refractivity contribution >= 4 is 32.3 Å². The molecular formula is C62H66. The summed E-state index contributed by atoms with van der Waals surface area (Å²) in [6.45, 7) is 26.5. The summed E-state index contributed by atoms with van der Waals surface area (Å²) in [5.41, 5.74) is 18.6. The first-order valence-corrected chi connectivity index (χ1v) is 23.8. The lowest BCUT2D eigenvalue weighted by Gasteiger charge is -2.37. The van der Waals surface area contributed by atoms with E-state index in [4.69, 9.17) is 0 Å². The Bertz CT molecular complexity index is 2970. The van der Waals surface area contributed by atoms with Crippen LogP contribution in [0.1, 0.15) is 130 Å². The molecule has 0 radical (unpaired) electrons. The van der Waals surface area contributed by atoms with Crippen LogP contribution in [0.5, 0.6) is 0 Å². The maximum atomic E-state index is 2.63. The van der Waals surface area contributed by atoms with Crippen LogP contribution in [0, 0.1) is 23.7 Å². The predicted molar refractivity (Wildman–Crippen MR) is 270 cm³/mol. The smallest absolute Gasteiger partial charge is 0.0220 e. The van der Waals surface area contributed by atoms with Gasteiger partial charge in [-0.15, -0.1) is 0 Å². The average Bonchev–Trinajstić information content (AvgIpc) is 3.62. The van der Waals surface area contributed by atoms with E-state index in [0.29, 0.717) is 23.7 Å². The molecule has 2 aliphatic carbocycles. The van der Waals surface area contributed by atoms with Crippen molar-refractivity contribution in [3.8, 4) is 44.5 Å². The second kappa shape index (κ2) is 14.7. The number of benzene rings is 8. The van der Waals surface area contributed by atoms with Crippen molar-refractivity contribution in [1.82, 2.24) is 0 Å². The summed E-state index contributed by atoms with van der Waals surface area (Å²) in [5.74, 6) is 2.23. The molecule has 8 aromatic rings. The molecule has 8 aromatic carbocycles. The monoisotopic (exact) mass is 811 g/mol. The minimum absolute atomic E-state index is 0.0161. The first-order valence-electron chi connectivity index (χ1n) is 23.8. The van der Waals surface area contributed by atoms with Crippen molar-refractivity contribution in [2.75, 3.05) is 0 Å². The van der Waals surface area contributed by atoms with Gasteiger partial charge in [-0.25, -0.2) is 0 Å². The maximum Gasteiger partial charge on any atom is 0.0220 e. The molecule has 2 aliphatic rings. The van der Waals surface area contributed by atoms with Crippen LogP contribution < -0.4 is 0 Å². The van der Waals surface area contributed by atoms with Gasteiger partial charge in [0.15, 0.2) is 0 Å². The molecule has 0 heterocycles. The van der Waals surface area contributed by atoms with Crippen LogP contribution in [0.15, 0.2) is 127 Å². The lowest BCUT2D eigenvalue weighted by molar-refractivity contribution is 0.337. The van der Waals surface area contributed by atoms with Gasteiger partial charge in [0, 0.05) is 10.8 Å². The lowest BCUT2D eigenvalue weighted by Crippen LogP contribution is -2.30. The van der Waals surface area contributed by atoms with Crippen LogP contribution in [-0.2, 0) is 16.2 Å². The van der Waals surface area contributed by atoms with Crippen molar-refractivity contribution in [3.63, 3.8) is 0 Å². The van der Waals surface area contributed by atoms with Gasteiger partial charge in [0.05, 0.1) is 0 Å².